The van der Waals surface area contributed by atoms with Crippen molar-refractivity contribution >= 4 is 0 Å². The normalized spacial score (nSPS) is 31.9. The highest BCUT2D eigenvalue weighted by Gasteiger charge is 2.31. The topological polar surface area (TPSA) is 0 Å². The molecular formula is C23H36. The van der Waals surface area contributed by atoms with Gasteiger partial charge in [0.2, 0.25) is 0 Å². The van der Waals surface area contributed by atoms with E-state index in [1.165, 1.54) is 70.6 Å². The van der Waals surface area contributed by atoms with E-state index >= 15 is 0 Å². The molecule has 2 saturated carbocycles. The molecule has 2 aliphatic carbocycles. The molecule has 0 aromatic heterocycles. The predicted molar refractivity (Wildman–Crippen MR) is 101 cm³/mol. The zero-order valence-corrected chi connectivity index (χ0v) is 15.4. The molecule has 0 unspecified atom stereocenters. The molecule has 0 radical (unpaired) electrons. The van der Waals surface area contributed by atoms with Crippen LogP contribution in [0.15, 0.2) is 24.3 Å². The Balaban J connectivity index is 1.51. The van der Waals surface area contributed by atoms with E-state index in [1.807, 2.05) is 0 Å². The maximum absolute atomic E-state index is 2.40. The Morgan fingerprint density at radius 1 is 0.783 bits per heavy atom. The molecule has 0 bridgehead atoms. The number of hydrogen-bond donors (Lipinski definition) is 0. The number of aryl methyl sites for hydroxylation is 1. The Kier molecular flexibility index (Phi) is 6.20. The molecule has 1 aromatic carbocycles. The van der Waals surface area contributed by atoms with Crippen LogP contribution in [0.5, 0.6) is 0 Å². The van der Waals surface area contributed by atoms with Crippen LogP contribution in [0.2, 0.25) is 0 Å². The van der Waals surface area contributed by atoms with Crippen molar-refractivity contribution in [2.75, 3.05) is 0 Å². The van der Waals surface area contributed by atoms with Gasteiger partial charge in [-0.2, -0.15) is 0 Å². The van der Waals surface area contributed by atoms with Crippen molar-refractivity contribution in [3.8, 4) is 0 Å². The quantitative estimate of drug-likeness (QED) is 0.542. The molecule has 3 rings (SSSR count). The molecule has 0 spiro atoms. The third-order valence-electron chi connectivity index (χ3n) is 6.90. The SMILES string of the molecule is CCC[C@H]1CC[C@H]([C@H]2CC[C@H](c3ccccc3CC)CC2)CC1. The van der Waals surface area contributed by atoms with Gasteiger partial charge in [-0.3, -0.25) is 0 Å². The molecule has 0 aliphatic heterocycles. The summed E-state index contributed by atoms with van der Waals surface area (Å²) in [6, 6.07) is 9.20. The number of rotatable bonds is 5. The molecule has 2 aliphatic rings. The van der Waals surface area contributed by atoms with Crippen LogP contribution in [0.4, 0.5) is 0 Å². The second-order valence-electron chi connectivity index (χ2n) is 8.23. The maximum atomic E-state index is 2.40. The fourth-order valence-electron chi connectivity index (χ4n) is 5.51. The minimum absolute atomic E-state index is 0.846. The molecule has 128 valence electrons. The monoisotopic (exact) mass is 312 g/mol. The van der Waals surface area contributed by atoms with Crippen LogP contribution in [-0.4, -0.2) is 0 Å². The van der Waals surface area contributed by atoms with Gasteiger partial charge in [-0.25, -0.2) is 0 Å². The molecule has 1 aromatic rings. The van der Waals surface area contributed by atoms with Gasteiger partial charge >= 0.3 is 0 Å². The highest BCUT2D eigenvalue weighted by Crippen LogP contribution is 2.44. The predicted octanol–water partition coefficient (Wildman–Crippen LogP) is 7.13. The summed E-state index contributed by atoms with van der Waals surface area (Å²) < 4.78 is 0. The molecule has 0 atom stereocenters. The van der Waals surface area contributed by atoms with E-state index in [2.05, 4.69) is 38.1 Å². The molecule has 0 heterocycles. The minimum atomic E-state index is 0.846. The van der Waals surface area contributed by atoms with E-state index in [4.69, 9.17) is 0 Å². The molecule has 0 amide bonds. The third kappa shape index (κ3) is 4.20. The summed E-state index contributed by atoms with van der Waals surface area (Å²) in [5.41, 5.74) is 3.26. The van der Waals surface area contributed by atoms with Crippen LogP contribution in [0.1, 0.15) is 95.1 Å². The van der Waals surface area contributed by atoms with Crippen molar-refractivity contribution in [2.24, 2.45) is 17.8 Å². The highest BCUT2D eigenvalue weighted by atomic mass is 14.4. The summed E-state index contributed by atoms with van der Waals surface area (Å²) in [5, 5.41) is 0. The standard InChI is InChI=1S/C23H36/c1-3-7-18-10-12-20(13-11-18)21-14-16-22(17-15-21)23-9-6-5-8-19(23)4-2/h5-6,8-9,18,20-22H,3-4,7,10-17H2,1-2H3/t18-,20-,21-,22-. The van der Waals surface area contributed by atoms with Crippen molar-refractivity contribution in [1.29, 1.82) is 0 Å². The molecule has 0 N–H and O–H groups in total. The Bertz CT molecular complexity index is 459. The fraction of sp³-hybridized carbons (Fsp3) is 0.739. The zero-order chi connectivity index (χ0) is 16.1. The molecule has 23 heavy (non-hydrogen) atoms. The lowest BCUT2D eigenvalue weighted by atomic mass is 9.67. The van der Waals surface area contributed by atoms with Gasteiger partial charge < -0.3 is 0 Å². The lowest BCUT2D eigenvalue weighted by Crippen LogP contribution is -2.25. The van der Waals surface area contributed by atoms with E-state index in [0.717, 1.165) is 23.7 Å². The minimum Gasteiger partial charge on any atom is -0.0654 e. The van der Waals surface area contributed by atoms with Crippen molar-refractivity contribution in [3.63, 3.8) is 0 Å². The van der Waals surface area contributed by atoms with Gasteiger partial charge in [0, 0.05) is 0 Å². The van der Waals surface area contributed by atoms with E-state index in [9.17, 15) is 0 Å². The largest absolute Gasteiger partial charge is 0.0654 e. The lowest BCUT2D eigenvalue weighted by molar-refractivity contribution is 0.156. The van der Waals surface area contributed by atoms with Crippen LogP contribution in [0, 0.1) is 17.8 Å². The molecular weight excluding hydrogens is 276 g/mol. The van der Waals surface area contributed by atoms with Gasteiger partial charge in [-0.05, 0) is 79.7 Å². The molecule has 0 heteroatoms. The van der Waals surface area contributed by atoms with E-state index in [0.29, 0.717) is 0 Å². The molecule has 0 saturated heterocycles. The second kappa shape index (κ2) is 8.36. The number of benzene rings is 1. The summed E-state index contributed by atoms with van der Waals surface area (Å²) >= 11 is 0. The third-order valence-corrected chi connectivity index (χ3v) is 6.90. The van der Waals surface area contributed by atoms with Crippen molar-refractivity contribution in [3.05, 3.63) is 35.4 Å². The van der Waals surface area contributed by atoms with Crippen LogP contribution < -0.4 is 0 Å². The van der Waals surface area contributed by atoms with Gasteiger partial charge in [0.25, 0.3) is 0 Å². The van der Waals surface area contributed by atoms with Gasteiger partial charge in [0.05, 0.1) is 0 Å². The van der Waals surface area contributed by atoms with Crippen molar-refractivity contribution < 1.29 is 0 Å². The van der Waals surface area contributed by atoms with Gasteiger partial charge in [-0.15, -0.1) is 0 Å². The first-order chi connectivity index (χ1) is 11.3. The van der Waals surface area contributed by atoms with Crippen molar-refractivity contribution in [2.45, 2.75) is 90.4 Å². The van der Waals surface area contributed by atoms with Crippen LogP contribution in [0.3, 0.4) is 0 Å². The first-order valence-corrected chi connectivity index (χ1v) is 10.4. The Hall–Kier alpha value is -0.780. The number of hydrogen-bond acceptors (Lipinski definition) is 0. The Morgan fingerprint density at radius 3 is 2.00 bits per heavy atom. The molecule has 2 fully saturated rings. The summed E-state index contributed by atoms with van der Waals surface area (Å²) in [6.45, 7) is 4.65. The lowest BCUT2D eigenvalue weighted by Gasteiger charge is -2.38. The first kappa shape index (κ1) is 17.1. The average molecular weight is 313 g/mol. The van der Waals surface area contributed by atoms with E-state index in [-0.39, 0.29) is 0 Å². The Morgan fingerprint density at radius 2 is 1.39 bits per heavy atom. The fourth-order valence-corrected chi connectivity index (χ4v) is 5.51. The average Bonchev–Trinajstić information content (AvgIpc) is 2.63. The van der Waals surface area contributed by atoms with E-state index in [1.54, 1.807) is 11.1 Å². The second-order valence-corrected chi connectivity index (χ2v) is 8.23. The van der Waals surface area contributed by atoms with Crippen LogP contribution in [0.25, 0.3) is 0 Å². The highest BCUT2D eigenvalue weighted by molar-refractivity contribution is 5.30. The molecule has 0 nitrogen and oxygen atoms in total. The van der Waals surface area contributed by atoms with Gasteiger partial charge in [0.15, 0.2) is 0 Å². The zero-order valence-electron chi connectivity index (χ0n) is 15.4. The van der Waals surface area contributed by atoms with Gasteiger partial charge in [0.1, 0.15) is 0 Å². The van der Waals surface area contributed by atoms with Gasteiger partial charge in [-0.1, -0.05) is 63.8 Å². The Labute approximate surface area is 144 Å². The van der Waals surface area contributed by atoms with Crippen LogP contribution in [-0.2, 0) is 6.42 Å². The smallest absolute Gasteiger partial charge is 0.0159 e. The maximum Gasteiger partial charge on any atom is -0.0159 e. The van der Waals surface area contributed by atoms with E-state index < -0.39 is 0 Å². The summed E-state index contributed by atoms with van der Waals surface area (Å²) in [5.74, 6) is 4.01. The summed E-state index contributed by atoms with van der Waals surface area (Å²) in [4.78, 5) is 0. The summed E-state index contributed by atoms with van der Waals surface area (Å²) in [6.07, 6.45) is 16.0. The summed E-state index contributed by atoms with van der Waals surface area (Å²) in [7, 11) is 0. The van der Waals surface area contributed by atoms with Crippen LogP contribution >= 0.6 is 0 Å². The first-order valence-electron chi connectivity index (χ1n) is 10.4. The van der Waals surface area contributed by atoms with Crippen molar-refractivity contribution in [1.82, 2.24) is 0 Å².